The first-order valence-electron chi connectivity index (χ1n) is 6.18. The number of aliphatic hydroxyl groups excluding tert-OH is 1. The highest BCUT2D eigenvalue weighted by atomic mass is 16.5. The SMILES string of the molecule is O=C1OCCCC[C@H]1[C@H](O)C#Cc1ccccc1. The average molecular weight is 244 g/mol. The largest absolute Gasteiger partial charge is 0.465 e. The Hall–Kier alpha value is -1.79. The lowest BCUT2D eigenvalue weighted by molar-refractivity contribution is -0.149. The van der Waals surface area contributed by atoms with Crippen LogP contribution in [0, 0.1) is 17.8 Å². The molecule has 2 atom stereocenters. The van der Waals surface area contributed by atoms with E-state index in [4.69, 9.17) is 4.74 Å². The lowest BCUT2D eigenvalue weighted by Crippen LogP contribution is -2.27. The van der Waals surface area contributed by atoms with Gasteiger partial charge in [0.25, 0.3) is 0 Å². The number of carbonyl (C=O) groups excluding carboxylic acids is 1. The van der Waals surface area contributed by atoms with Gasteiger partial charge in [0.1, 0.15) is 6.10 Å². The maximum atomic E-state index is 11.6. The number of carbonyl (C=O) groups is 1. The van der Waals surface area contributed by atoms with Crippen molar-refractivity contribution in [3.8, 4) is 11.8 Å². The van der Waals surface area contributed by atoms with E-state index in [1.54, 1.807) is 0 Å². The number of benzene rings is 1. The van der Waals surface area contributed by atoms with Crippen molar-refractivity contribution in [3.05, 3.63) is 35.9 Å². The molecule has 0 unspecified atom stereocenters. The summed E-state index contributed by atoms with van der Waals surface area (Å²) in [5.41, 5.74) is 0.832. The van der Waals surface area contributed by atoms with Gasteiger partial charge in [0.2, 0.25) is 0 Å². The summed E-state index contributed by atoms with van der Waals surface area (Å²) < 4.78 is 5.02. The van der Waals surface area contributed by atoms with Gasteiger partial charge in [-0.15, -0.1) is 0 Å². The van der Waals surface area contributed by atoms with E-state index in [1.165, 1.54) is 0 Å². The Kier molecular flexibility index (Phi) is 4.38. The normalized spacial score (nSPS) is 21.2. The van der Waals surface area contributed by atoms with Crippen LogP contribution in [-0.4, -0.2) is 23.8 Å². The fraction of sp³-hybridized carbons (Fsp3) is 0.400. The summed E-state index contributed by atoms with van der Waals surface area (Å²) in [5.74, 6) is 4.76. The van der Waals surface area contributed by atoms with E-state index in [0.717, 1.165) is 18.4 Å². The van der Waals surface area contributed by atoms with Crippen LogP contribution in [0.3, 0.4) is 0 Å². The molecule has 1 aliphatic heterocycles. The first-order valence-corrected chi connectivity index (χ1v) is 6.18. The van der Waals surface area contributed by atoms with E-state index in [-0.39, 0.29) is 5.97 Å². The summed E-state index contributed by atoms with van der Waals surface area (Å²) in [4.78, 5) is 11.6. The number of aliphatic hydroxyl groups is 1. The topological polar surface area (TPSA) is 46.5 Å². The molecule has 3 nitrogen and oxygen atoms in total. The first kappa shape index (κ1) is 12.7. The maximum Gasteiger partial charge on any atom is 0.312 e. The van der Waals surface area contributed by atoms with Crippen LogP contribution >= 0.6 is 0 Å². The Morgan fingerprint density at radius 2 is 2.06 bits per heavy atom. The van der Waals surface area contributed by atoms with Gasteiger partial charge in [-0.2, -0.15) is 0 Å². The molecule has 94 valence electrons. The molecule has 0 radical (unpaired) electrons. The molecule has 3 heteroatoms. The van der Waals surface area contributed by atoms with Crippen LogP contribution in [0.5, 0.6) is 0 Å². The average Bonchev–Trinajstić information content (AvgIpc) is 2.62. The van der Waals surface area contributed by atoms with E-state index in [0.29, 0.717) is 13.0 Å². The molecule has 1 aliphatic rings. The lowest BCUT2D eigenvalue weighted by Gasteiger charge is -2.13. The highest BCUT2D eigenvalue weighted by Gasteiger charge is 2.28. The van der Waals surface area contributed by atoms with Gasteiger partial charge in [-0.3, -0.25) is 4.79 Å². The molecular formula is C15H16O3. The van der Waals surface area contributed by atoms with Gasteiger partial charge in [-0.25, -0.2) is 0 Å². The molecule has 1 saturated heterocycles. The van der Waals surface area contributed by atoms with Crippen molar-refractivity contribution < 1.29 is 14.6 Å². The fourth-order valence-corrected chi connectivity index (χ4v) is 1.93. The van der Waals surface area contributed by atoms with Gasteiger partial charge in [0, 0.05) is 5.56 Å². The van der Waals surface area contributed by atoms with E-state index in [9.17, 15) is 9.90 Å². The quantitative estimate of drug-likeness (QED) is 0.604. The minimum Gasteiger partial charge on any atom is -0.465 e. The number of cyclic esters (lactones) is 1. The standard InChI is InChI=1S/C15H16O3/c16-14(10-9-12-6-2-1-3-7-12)13-8-4-5-11-18-15(13)17/h1-3,6-7,13-14,16H,4-5,8,11H2/t13-,14+/m0/s1. The van der Waals surface area contributed by atoms with Gasteiger partial charge in [0.15, 0.2) is 0 Å². The predicted molar refractivity (Wildman–Crippen MR) is 67.6 cm³/mol. The molecular weight excluding hydrogens is 228 g/mol. The molecule has 1 heterocycles. The molecule has 0 bridgehead atoms. The Morgan fingerprint density at radius 1 is 1.28 bits per heavy atom. The molecule has 1 aromatic carbocycles. The van der Waals surface area contributed by atoms with Crippen LogP contribution in [0.15, 0.2) is 30.3 Å². The van der Waals surface area contributed by atoms with Crippen molar-refractivity contribution in [2.45, 2.75) is 25.4 Å². The minimum atomic E-state index is -0.948. The number of esters is 1. The second kappa shape index (κ2) is 6.23. The Balaban J connectivity index is 2.05. The van der Waals surface area contributed by atoms with Crippen LogP contribution in [0.4, 0.5) is 0 Å². The van der Waals surface area contributed by atoms with E-state index in [1.807, 2.05) is 30.3 Å². The molecule has 0 aliphatic carbocycles. The summed E-state index contributed by atoms with van der Waals surface area (Å²) in [6.45, 7) is 0.453. The van der Waals surface area contributed by atoms with Crippen molar-refractivity contribution in [1.82, 2.24) is 0 Å². The van der Waals surface area contributed by atoms with Gasteiger partial charge in [0.05, 0.1) is 12.5 Å². The van der Waals surface area contributed by atoms with Crippen molar-refractivity contribution in [2.24, 2.45) is 5.92 Å². The second-order valence-electron chi connectivity index (χ2n) is 4.35. The third kappa shape index (κ3) is 3.35. The summed E-state index contributed by atoms with van der Waals surface area (Å²) in [6.07, 6.45) is 1.45. The number of ether oxygens (including phenoxy) is 1. The van der Waals surface area contributed by atoms with Gasteiger partial charge < -0.3 is 9.84 Å². The zero-order chi connectivity index (χ0) is 12.8. The Morgan fingerprint density at radius 3 is 2.83 bits per heavy atom. The summed E-state index contributed by atoms with van der Waals surface area (Å²) in [6, 6.07) is 9.41. The van der Waals surface area contributed by atoms with Crippen LogP contribution in [0.25, 0.3) is 0 Å². The molecule has 18 heavy (non-hydrogen) atoms. The molecule has 2 rings (SSSR count). The van der Waals surface area contributed by atoms with Crippen molar-refractivity contribution in [2.75, 3.05) is 6.61 Å². The zero-order valence-corrected chi connectivity index (χ0v) is 10.1. The second-order valence-corrected chi connectivity index (χ2v) is 4.35. The minimum absolute atomic E-state index is 0.331. The number of hydrogen-bond donors (Lipinski definition) is 1. The van der Waals surface area contributed by atoms with Crippen molar-refractivity contribution in [1.29, 1.82) is 0 Å². The molecule has 0 saturated carbocycles. The number of hydrogen-bond acceptors (Lipinski definition) is 3. The van der Waals surface area contributed by atoms with E-state index >= 15 is 0 Å². The van der Waals surface area contributed by atoms with E-state index in [2.05, 4.69) is 11.8 Å². The van der Waals surface area contributed by atoms with Crippen LogP contribution in [0.2, 0.25) is 0 Å². The Labute approximate surface area is 107 Å². The highest BCUT2D eigenvalue weighted by molar-refractivity contribution is 5.74. The number of rotatable bonds is 1. The molecule has 0 amide bonds. The van der Waals surface area contributed by atoms with Crippen LogP contribution in [0.1, 0.15) is 24.8 Å². The summed E-state index contributed by atoms with van der Waals surface area (Å²) in [7, 11) is 0. The van der Waals surface area contributed by atoms with Crippen LogP contribution < -0.4 is 0 Å². The maximum absolute atomic E-state index is 11.6. The lowest BCUT2D eigenvalue weighted by atomic mass is 9.97. The van der Waals surface area contributed by atoms with Gasteiger partial charge in [-0.1, -0.05) is 30.0 Å². The van der Waals surface area contributed by atoms with Gasteiger partial charge in [-0.05, 0) is 31.4 Å². The van der Waals surface area contributed by atoms with Crippen LogP contribution in [-0.2, 0) is 9.53 Å². The summed E-state index contributed by atoms with van der Waals surface area (Å²) in [5, 5.41) is 9.96. The molecule has 0 spiro atoms. The fourth-order valence-electron chi connectivity index (χ4n) is 1.93. The smallest absolute Gasteiger partial charge is 0.312 e. The molecule has 1 fully saturated rings. The highest BCUT2D eigenvalue weighted by Crippen LogP contribution is 2.18. The van der Waals surface area contributed by atoms with Gasteiger partial charge >= 0.3 is 5.97 Å². The van der Waals surface area contributed by atoms with E-state index < -0.39 is 12.0 Å². The molecule has 0 aromatic heterocycles. The molecule has 1 aromatic rings. The monoisotopic (exact) mass is 244 g/mol. The third-order valence-electron chi connectivity index (χ3n) is 2.98. The third-order valence-corrected chi connectivity index (χ3v) is 2.98. The zero-order valence-electron chi connectivity index (χ0n) is 10.1. The molecule has 1 N–H and O–H groups in total. The Bertz CT molecular complexity index is 456. The van der Waals surface area contributed by atoms with Crippen molar-refractivity contribution in [3.63, 3.8) is 0 Å². The first-order chi connectivity index (χ1) is 8.77. The predicted octanol–water partition coefficient (Wildman–Crippen LogP) is 1.74. The summed E-state index contributed by atoms with van der Waals surface area (Å²) >= 11 is 0. The van der Waals surface area contributed by atoms with Crippen molar-refractivity contribution >= 4 is 5.97 Å².